The molecule has 0 bridgehead atoms. The van der Waals surface area contributed by atoms with E-state index in [0.717, 1.165) is 19.0 Å². The van der Waals surface area contributed by atoms with Crippen molar-refractivity contribution in [2.75, 3.05) is 20.1 Å². The maximum absolute atomic E-state index is 13.4. The normalized spacial score (nSPS) is 14.3. The monoisotopic (exact) mass is 369 g/mol. The Morgan fingerprint density at radius 2 is 2.29 bits per heavy atom. The van der Waals surface area contributed by atoms with Crippen molar-refractivity contribution in [1.82, 2.24) is 10.2 Å². The molecule has 0 spiro atoms. The van der Waals surface area contributed by atoms with Crippen molar-refractivity contribution >= 4 is 41.5 Å². The van der Waals surface area contributed by atoms with Gasteiger partial charge in [-0.05, 0) is 12.1 Å². The molecule has 0 amide bonds. The highest BCUT2D eigenvalue weighted by Crippen LogP contribution is 2.18. The number of benzene rings is 1. The van der Waals surface area contributed by atoms with Gasteiger partial charge in [-0.3, -0.25) is 4.99 Å². The highest BCUT2D eigenvalue weighted by Gasteiger charge is 2.13. The van der Waals surface area contributed by atoms with Gasteiger partial charge >= 0.3 is 0 Å². The van der Waals surface area contributed by atoms with E-state index in [1.54, 1.807) is 12.1 Å². The summed E-state index contributed by atoms with van der Waals surface area (Å²) in [5.41, 5.74) is 0.479. The van der Waals surface area contributed by atoms with Crippen LogP contribution in [0, 0.1) is 5.82 Å². The van der Waals surface area contributed by atoms with Crippen molar-refractivity contribution in [2.24, 2.45) is 4.99 Å². The average Bonchev–Trinajstić information content (AvgIpc) is 2.64. The molecule has 0 radical (unpaired) electrons. The third-order valence-electron chi connectivity index (χ3n) is 2.54. The fourth-order valence-electron chi connectivity index (χ4n) is 1.59. The molecule has 0 aromatic heterocycles. The van der Waals surface area contributed by atoms with Gasteiger partial charge in [-0.2, -0.15) is 0 Å². The van der Waals surface area contributed by atoms with Crippen molar-refractivity contribution in [3.8, 4) is 0 Å². The van der Waals surface area contributed by atoms with E-state index in [9.17, 15) is 4.39 Å². The van der Waals surface area contributed by atoms with Gasteiger partial charge in [0.15, 0.2) is 5.96 Å². The predicted octanol–water partition coefficient (Wildman–Crippen LogP) is 2.49. The van der Waals surface area contributed by atoms with Crippen LogP contribution < -0.4 is 5.32 Å². The molecular formula is C11H14ClFIN3. The van der Waals surface area contributed by atoms with Gasteiger partial charge in [0, 0.05) is 30.7 Å². The zero-order chi connectivity index (χ0) is 11.5. The second kappa shape index (κ2) is 6.39. The van der Waals surface area contributed by atoms with Gasteiger partial charge in [-0.1, -0.05) is 17.7 Å². The lowest BCUT2D eigenvalue weighted by Crippen LogP contribution is -2.35. The molecule has 0 saturated heterocycles. The van der Waals surface area contributed by atoms with Crippen molar-refractivity contribution < 1.29 is 4.39 Å². The first kappa shape index (κ1) is 14.5. The van der Waals surface area contributed by atoms with Gasteiger partial charge in [-0.25, -0.2) is 4.39 Å². The van der Waals surface area contributed by atoms with Crippen LogP contribution in [0.25, 0.3) is 0 Å². The minimum absolute atomic E-state index is 0. The topological polar surface area (TPSA) is 27.6 Å². The Bertz CT molecular complexity index is 405. The first-order chi connectivity index (χ1) is 7.68. The van der Waals surface area contributed by atoms with Crippen molar-refractivity contribution in [2.45, 2.75) is 6.54 Å². The summed E-state index contributed by atoms with van der Waals surface area (Å²) in [5, 5.41) is 3.52. The maximum atomic E-state index is 13.4. The lowest BCUT2D eigenvalue weighted by atomic mass is 10.2. The van der Waals surface area contributed by atoms with E-state index >= 15 is 0 Å². The molecule has 1 aliphatic heterocycles. The lowest BCUT2D eigenvalue weighted by molar-refractivity contribution is 0.531. The van der Waals surface area contributed by atoms with Gasteiger partial charge in [0.05, 0.1) is 6.54 Å². The van der Waals surface area contributed by atoms with Crippen LogP contribution in [0.2, 0.25) is 5.02 Å². The van der Waals surface area contributed by atoms with Crippen LogP contribution in [0.15, 0.2) is 23.2 Å². The molecule has 6 heteroatoms. The number of hydrogen-bond donors (Lipinski definition) is 1. The minimum Gasteiger partial charge on any atom is -0.352 e. The standard InChI is InChI=1S/C11H13ClFN3.HI/c1-16-6-5-14-11(16)15-7-8-9(12)3-2-4-10(8)13;/h2-4H,5-7H2,1H3,(H,14,15);1H. The number of likely N-dealkylation sites (N-methyl/N-ethyl adjacent to an activating group) is 1. The summed E-state index contributed by atoms with van der Waals surface area (Å²) >= 11 is 5.92. The van der Waals surface area contributed by atoms with Gasteiger partial charge in [-0.15, -0.1) is 24.0 Å². The summed E-state index contributed by atoms with van der Waals surface area (Å²) in [5.74, 6) is 0.501. The van der Waals surface area contributed by atoms with E-state index in [1.165, 1.54) is 6.07 Å². The average molecular weight is 370 g/mol. The SMILES string of the molecule is CN1CCN=C1NCc1c(F)cccc1Cl.I. The molecule has 1 heterocycles. The van der Waals surface area contributed by atoms with E-state index in [1.807, 2.05) is 11.9 Å². The van der Waals surface area contributed by atoms with Gasteiger partial charge in [0.1, 0.15) is 5.82 Å². The first-order valence-electron chi connectivity index (χ1n) is 5.11. The number of aliphatic imine (C=N–C) groups is 1. The zero-order valence-electron chi connectivity index (χ0n) is 9.41. The molecule has 1 N–H and O–H groups in total. The Hall–Kier alpha value is -0.560. The summed E-state index contributed by atoms with van der Waals surface area (Å²) in [6, 6.07) is 4.69. The second-order valence-corrected chi connectivity index (χ2v) is 4.09. The van der Waals surface area contributed by atoms with Crippen LogP contribution in [0.3, 0.4) is 0 Å². The van der Waals surface area contributed by atoms with Crippen LogP contribution >= 0.6 is 35.6 Å². The van der Waals surface area contributed by atoms with Crippen LogP contribution in [0.4, 0.5) is 4.39 Å². The fourth-order valence-corrected chi connectivity index (χ4v) is 1.82. The number of halogens is 3. The number of rotatable bonds is 2. The van der Waals surface area contributed by atoms with Gasteiger partial charge in [0.25, 0.3) is 0 Å². The summed E-state index contributed by atoms with van der Waals surface area (Å²) < 4.78 is 13.4. The molecule has 2 rings (SSSR count). The molecule has 0 fully saturated rings. The van der Waals surface area contributed by atoms with E-state index in [-0.39, 0.29) is 29.8 Å². The maximum Gasteiger partial charge on any atom is 0.194 e. The third kappa shape index (κ3) is 3.45. The summed E-state index contributed by atoms with van der Waals surface area (Å²) in [6.45, 7) is 2.03. The third-order valence-corrected chi connectivity index (χ3v) is 2.90. The Morgan fingerprint density at radius 1 is 1.53 bits per heavy atom. The molecule has 1 aliphatic rings. The van der Waals surface area contributed by atoms with Crippen LogP contribution in [0.1, 0.15) is 5.56 Å². The first-order valence-corrected chi connectivity index (χ1v) is 5.48. The molecule has 0 atom stereocenters. The Morgan fingerprint density at radius 3 is 2.88 bits per heavy atom. The molecule has 0 aliphatic carbocycles. The van der Waals surface area contributed by atoms with Crippen LogP contribution in [0.5, 0.6) is 0 Å². The molecule has 17 heavy (non-hydrogen) atoms. The van der Waals surface area contributed by atoms with E-state index in [0.29, 0.717) is 17.1 Å². The van der Waals surface area contributed by atoms with Crippen LogP contribution in [-0.4, -0.2) is 31.0 Å². The second-order valence-electron chi connectivity index (χ2n) is 3.68. The van der Waals surface area contributed by atoms with Crippen molar-refractivity contribution in [3.63, 3.8) is 0 Å². The van der Waals surface area contributed by atoms with Gasteiger partial charge in [0.2, 0.25) is 0 Å². The summed E-state index contributed by atoms with van der Waals surface area (Å²) in [7, 11) is 1.95. The van der Waals surface area contributed by atoms with Crippen LogP contribution in [-0.2, 0) is 6.54 Å². The number of guanidine groups is 1. The lowest BCUT2D eigenvalue weighted by Gasteiger charge is -2.15. The highest BCUT2D eigenvalue weighted by molar-refractivity contribution is 14.0. The van der Waals surface area contributed by atoms with E-state index in [2.05, 4.69) is 10.3 Å². The largest absolute Gasteiger partial charge is 0.352 e. The van der Waals surface area contributed by atoms with E-state index in [4.69, 9.17) is 11.6 Å². The quantitative estimate of drug-likeness (QED) is 0.811. The Balaban J connectivity index is 0.00000144. The van der Waals surface area contributed by atoms with Crippen molar-refractivity contribution in [3.05, 3.63) is 34.6 Å². The molecule has 1 aromatic rings. The number of hydrogen-bond acceptors (Lipinski definition) is 3. The summed E-state index contributed by atoms with van der Waals surface area (Å²) in [6.07, 6.45) is 0. The molecule has 3 nitrogen and oxygen atoms in total. The Kier molecular flexibility index (Phi) is 5.45. The zero-order valence-corrected chi connectivity index (χ0v) is 12.5. The number of nitrogens with zero attached hydrogens (tertiary/aromatic N) is 2. The molecule has 1 aromatic carbocycles. The fraction of sp³-hybridized carbons (Fsp3) is 0.364. The van der Waals surface area contributed by atoms with Gasteiger partial charge < -0.3 is 10.2 Å². The predicted molar refractivity (Wildman–Crippen MR) is 78.6 cm³/mol. The minimum atomic E-state index is -0.291. The molecular weight excluding hydrogens is 355 g/mol. The molecule has 0 unspecified atom stereocenters. The van der Waals surface area contributed by atoms with Crippen molar-refractivity contribution in [1.29, 1.82) is 0 Å². The van der Waals surface area contributed by atoms with E-state index < -0.39 is 0 Å². The smallest absolute Gasteiger partial charge is 0.194 e. The number of nitrogens with one attached hydrogen (secondary N) is 1. The highest BCUT2D eigenvalue weighted by atomic mass is 127. The Labute approximate surface area is 122 Å². The molecule has 94 valence electrons. The summed E-state index contributed by atoms with van der Waals surface area (Å²) in [4.78, 5) is 6.25. The molecule has 0 saturated carbocycles.